The Balaban J connectivity index is 2.00. The van der Waals surface area contributed by atoms with Gasteiger partial charge in [0.25, 0.3) is 0 Å². The van der Waals surface area contributed by atoms with Crippen LogP contribution in [0.1, 0.15) is 51.4 Å². The summed E-state index contributed by atoms with van der Waals surface area (Å²) in [6.07, 6.45) is 9.54. The molecule has 13 heavy (non-hydrogen) atoms. The summed E-state index contributed by atoms with van der Waals surface area (Å²) >= 11 is 0. The number of rotatable bonds is 5. The molecule has 0 saturated heterocycles. The summed E-state index contributed by atoms with van der Waals surface area (Å²) in [5.41, 5.74) is 5.89. The summed E-state index contributed by atoms with van der Waals surface area (Å²) in [6.45, 7) is 0. The Kier molecular flexibility index (Phi) is 4.85. The molecular formula is C11H20N2. The van der Waals surface area contributed by atoms with E-state index in [0.717, 1.165) is 18.8 Å². The SMILES string of the molecule is N#CCCC(N)CCC1CCCC1. The lowest BCUT2D eigenvalue weighted by Gasteiger charge is -2.12. The highest BCUT2D eigenvalue weighted by molar-refractivity contribution is 4.75. The molecule has 0 spiro atoms. The third-order valence-corrected chi connectivity index (χ3v) is 3.05. The lowest BCUT2D eigenvalue weighted by atomic mass is 9.97. The molecule has 2 N–H and O–H groups in total. The van der Waals surface area contributed by atoms with E-state index in [1.54, 1.807) is 0 Å². The highest BCUT2D eigenvalue weighted by Crippen LogP contribution is 2.28. The number of nitriles is 1. The molecule has 2 nitrogen and oxygen atoms in total. The van der Waals surface area contributed by atoms with Gasteiger partial charge in [-0.05, 0) is 25.2 Å². The fourth-order valence-electron chi connectivity index (χ4n) is 2.14. The predicted molar refractivity (Wildman–Crippen MR) is 54.0 cm³/mol. The van der Waals surface area contributed by atoms with Gasteiger partial charge in [0, 0.05) is 12.5 Å². The first-order valence-electron chi connectivity index (χ1n) is 5.45. The first kappa shape index (κ1) is 10.5. The van der Waals surface area contributed by atoms with Crippen LogP contribution >= 0.6 is 0 Å². The Morgan fingerprint density at radius 1 is 1.31 bits per heavy atom. The number of hydrogen-bond donors (Lipinski definition) is 1. The van der Waals surface area contributed by atoms with Gasteiger partial charge in [0.1, 0.15) is 0 Å². The second kappa shape index (κ2) is 5.99. The first-order valence-corrected chi connectivity index (χ1v) is 5.45. The Morgan fingerprint density at radius 2 is 2.00 bits per heavy atom. The van der Waals surface area contributed by atoms with Crippen molar-refractivity contribution in [3.05, 3.63) is 0 Å². The van der Waals surface area contributed by atoms with Gasteiger partial charge in [-0.15, -0.1) is 0 Å². The van der Waals surface area contributed by atoms with Crippen LogP contribution in [0.2, 0.25) is 0 Å². The van der Waals surface area contributed by atoms with Crippen molar-refractivity contribution in [3.8, 4) is 6.07 Å². The summed E-state index contributed by atoms with van der Waals surface area (Å²) in [6, 6.07) is 2.41. The largest absolute Gasteiger partial charge is 0.328 e. The van der Waals surface area contributed by atoms with Crippen molar-refractivity contribution in [2.75, 3.05) is 0 Å². The second-order valence-electron chi connectivity index (χ2n) is 4.18. The molecule has 0 aromatic carbocycles. The Hall–Kier alpha value is -0.550. The van der Waals surface area contributed by atoms with Gasteiger partial charge in [-0.2, -0.15) is 5.26 Å². The van der Waals surface area contributed by atoms with Crippen LogP contribution in [0.5, 0.6) is 0 Å². The summed E-state index contributed by atoms with van der Waals surface area (Å²) in [5.74, 6) is 0.938. The van der Waals surface area contributed by atoms with Crippen molar-refractivity contribution in [2.45, 2.75) is 57.4 Å². The zero-order valence-electron chi connectivity index (χ0n) is 8.34. The van der Waals surface area contributed by atoms with E-state index in [-0.39, 0.29) is 6.04 Å². The fourth-order valence-corrected chi connectivity index (χ4v) is 2.14. The highest BCUT2D eigenvalue weighted by atomic mass is 14.6. The van der Waals surface area contributed by atoms with Crippen molar-refractivity contribution >= 4 is 0 Å². The number of nitrogens with zero attached hydrogens (tertiary/aromatic N) is 1. The molecule has 2 heteroatoms. The van der Waals surface area contributed by atoms with Crippen LogP contribution < -0.4 is 5.73 Å². The molecular weight excluding hydrogens is 160 g/mol. The molecule has 0 radical (unpaired) electrons. The monoisotopic (exact) mass is 180 g/mol. The van der Waals surface area contributed by atoms with Gasteiger partial charge in [-0.1, -0.05) is 25.7 Å². The maximum absolute atomic E-state index is 8.39. The molecule has 0 aromatic rings. The lowest BCUT2D eigenvalue weighted by molar-refractivity contribution is 0.439. The Bertz CT molecular complexity index is 165. The van der Waals surface area contributed by atoms with Crippen LogP contribution in [0.3, 0.4) is 0 Å². The highest BCUT2D eigenvalue weighted by Gasteiger charge is 2.15. The Morgan fingerprint density at radius 3 is 2.62 bits per heavy atom. The van der Waals surface area contributed by atoms with E-state index >= 15 is 0 Å². The van der Waals surface area contributed by atoms with E-state index in [9.17, 15) is 0 Å². The van der Waals surface area contributed by atoms with Crippen LogP contribution in [-0.4, -0.2) is 6.04 Å². The third kappa shape index (κ3) is 4.28. The lowest BCUT2D eigenvalue weighted by Crippen LogP contribution is -2.20. The minimum absolute atomic E-state index is 0.264. The average Bonchev–Trinajstić information content (AvgIpc) is 2.64. The summed E-state index contributed by atoms with van der Waals surface area (Å²) in [5, 5.41) is 8.39. The van der Waals surface area contributed by atoms with Crippen molar-refractivity contribution in [1.82, 2.24) is 0 Å². The molecule has 1 rings (SSSR count). The molecule has 0 aliphatic heterocycles. The van der Waals surface area contributed by atoms with E-state index < -0.39 is 0 Å². The topological polar surface area (TPSA) is 49.8 Å². The van der Waals surface area contributed by atoms with Crippen molar-refractivity contribution in [3.63, 3.8) is 0 Å². The third-order valence-electron chi connectivity index (χ3n) is 3.05. The molecule has 1 atom stereocenters. The van der Waals surface area contributed by atoms with Crippen molar-refractivity contribution in [2.24, 2.45) is 11.7 Å². The molecule has 0 aromatic heterocycles. The fraction of sp³-hybridized carbons (Fsp3) is 0.909. The maximum Gasteiger partial charge on any atom is 0.0622 e. The average molecular weight is 180 g/mol. The van der Waals surface area contributed by atoms with Gasteiger partial charge in [0.15, 0.2) is 0 Å². The van der Waals surface area contributed by atoms with Crippen LogP contribution in [0, 0.1) is 17.2 Å². The van der Waals surface area contributed by atoms with Crippen LogP contribution in [-0.2, 0) is 0 Å². The zero-order valence-corrected chi connectivity index (χ0v) is 8.34. The minimum Gasteiger partial charge on any atom is -0.328 e. The predicted octanol–water partition coefficient (Wildman–Crippen LogP) is 2.59. The van der Waals surface area contributed by atoms with Gasteiger partial charge in [0.05, 0.1) is 6.07 Å². The standard InChI is InChI=1S/C11H20N2/c12-9-3-6-11(13)8-7-10-4-1-2-5-10/h10-11H,1-8,13H2. The summed E-state index contributed by atoms with van der Waals surface area (Å²) < 4.78 is 0. The van der Waals surface area contributed by atoms with Gasteiger partial charge in [0.2, 0.25) is 0 Å². The molecule has 0 bridgehead atoms. The van der Waals surface area contributed by atoms with Gasteiger partial charge in [-0.25, -0.2) is 0 Å². The van der Waals surface area contributed by atoms with E-state index in [1.807, 2.05) is 0 Å². The molecule has 1 aliphatic rings. The first-order chi connectivity index (χ1) is 6.33. The van der Waals surface area contributed by atoms with Crippen LogP contribution in [0.25, 0.3) is 0 Å². The van der Waals surface area contributed by atoms with E-state index in [0.29, 0.717) is 6.42 Å². The normalized spacial score (nSPS) is 20.0. The second-order valence-corrected chi connectivity index (χ2v) is 4.18. The summed E-state index contributed by atoms with van der Waals surface area (Å²) in [4.78, 5) is 0. The molecule has 0 heterocycles. The van der Waals surface area contributed by atoms with E-state index in [4.69, 9.17) is 11.0 Å². The van der Waals surface area contributed by atoms with Crippen molar-refractivity contribution in [1.29, 1.82) is 5.26 Å². The maximum atomic E-state index is 8.39. The molecule has 0 amide bonds. The molecule has 74 valence electrons. The van der Waals surface area contributed by atoms with Gasteiger partial charge in [-0.3, -0.25) is 0 Å². The van der Waals surface area contributed by atoms with Gasteiger partial charge >= 0.3 is 0 Å². The van der Waals surface area contributed by atoms with E-state index in [1.165, 1.54) is 32.1 Å². The van der Waals surface area contributed by atoms with Crippen molar-refractivity contribution < 1.29 is 0 Å². The molecule has 1 fully saturated rings. The molecule has 1 unspecified atom stereocenters. The zero-order chi connectivity index (χ0) is 9.52. The number of nitrogens with two attached hydrogens (primary N) is 1. The Labute approximate surface area is 81.1 Å². The van der Waals surface area contributed by atoms with Crippen LogP contribution in [0.15, 0.2) is 0 Å². The summed E-state index contributed by atoms with van der Waals surface area (Å²) in [7, 11) is 0. The number of hydrogen-bond acceptors (Lipinski definition) is 2. The van der Waals surface area contributed by atoms with Gasteiger partial charge < -0.3 is 5.73 Å². The minimum atomic E-state index is 0.264. The molecule has 1 aliphatic carbocycles. The van der Waals surface area contributed by atoms with E-state index in [2.05, 4.69) is 6.07 Å². The smallest absolute Gasteiger partial charge is 0.0622 e. The molecule has 1 saturated carbocycles. The quantitative estimate of drug-likeness (QED) is 0.707. The van der Waals surface area contributed by atoms with Crippen LogP contribution in [0.4, 0.5) is 0 Å².